The van der Waals surface area contributed by atoms with Gasteiger partial charge in [-0.15, -0.1) is 0 Å². The quantitative estimate of drug-likeness (QED) is 0.481. The van der Waals surface area contributed by atoms with E-state index in [9.17, 15) is 4.79 Å². The number of benzene rings is 1. The van der Waals surface area contributed by atoms with E-state index in [0.29, 0.717) is 0 Å². The van der Waals surface area contributed by atoms with Gasteiger partial charge in [0.2, 0.25) is 0 Å². The minimum atomic E-state index is 0.0249. The van der Waals surface area contributed by atoms with Crippen LogP contribution in [0.1, 0.15) is 34.8 Å². The number of carbonyl (C=O) groups excluding carboxylic acids is 1. The van der Waals surface area contributed by atoms with E-state index in [-0.39, 0.29) is 5.91 Å². The van der Waals surface area contributed by atoms with Gasteiger partial charge in [-0.05, 0) is 50.1 Å². The Bertz CT molecular complexity index is 405. The Kier molecular flexibility index (Phi) is 6.63. The van der Waals surface area contributed by atoms with E-state index < -0.39 is 0 Å². The molecule has 0 heterocycles. The van der Waals surface area contributed by atoms with Crippen LogP contribution in [0.5, 0.6) is 0 Å². The number of hydrogen-bond acceptors (Lipinski definition) is 2. The van der Waals surface area contributed by atoms with Gasteiger partial charge in [0.15, 0.2) is 0 Å². The van der Waals surface area contributed by atoms with E-state index >= 15 is 0 Å². The van der Waals surface area contributed by atoms with Crippen LogP contribution in [0.15, 0.2) is 18.2 Å². The highest BCUT2D eigenvalue weighted by atomic mass is 127. The number of aryl methyl sites for hydroxylation is 2. The molecule has 0 bridgehead atoms. The standard InChI is InChI=1S/C14H21IN2O/c1-4-12-6-7-13(10-11(12)2)14(18)16-8-5-9-17(3)15/h6-7,10H,4-5,8-9H2,1-3H3,(H,16,18). The van der Waals surface area contributed by atoms with E-state index in [1.807, 2.05) is 25.2 Å². The Morgan fingerprint density at radius 1 is 1.44 bits per heavy atom. The molecule has 0 aliphatic heterocycles. The highest BCUT2D eigenvalue weighted by Crippen LogP contribution is 2.11. The molecule has 1 aromatic rings. The second-order valence-corrected chi connectivity index (χ2v) is 6.08. The zero-order valence-corrected chi connectivity index (χ0v) is 13.5. The van der Waals surface area contributed by atoms with Crippen LogP contribution in [-0.4, -0.2) is 29.2 Å². The molecule has 0 spiro atoms. The molecule has 1 amide bonds. The lowest BCUT2D eigenvalue weighted by Gasteiger charge is -2.09. The zero-order valence-electron chi connectivity index (χ0n) is 11.3. The summed E-state index contributed by atoms with van der Waals surface area (Å²) < 4.78 is 2.09. The maximum absolute atomic E-state index is 11.9. The van der Waals surface area contributed by atoms with Crippen molar-refractivity contribution in [3.8, 4) is 0 Å². The third kappa shape index (κ3) is 4.94. The summed E-state index contributed by atoms with van der Waals surface area (Å²) in [6, 6.07) is 5.92. The molecule has 3 nitrogen and oxygen atoms in total. The van der Waals surface area contributed by atoms with Gasteiger partial charge in [-0.3, -0.25) is 7.91 Å². The lowest BCUT2D eigenvalue weighted by atomic mass is 10.0. The minimum Gasteiger partial charge on any atom is -0.352 e. The first kappa shape index (κ1) is 15.4. The Balaban J connectivity index is 2.49. The summed E-state index contributed by atoms with van der Waals surface area (Å²) in [6.07, 6.45) is 1.98. The lowest BCUT2D eigenvalue weighted by Crippen LogP contribution is -2.26. The first-order valence-corrected chi connectivity index (χ1v) is 7.25. The molecule has 0 atom stereocenters. The van der Waals surface area contributed by atoms with Crippen molar-refractivity contribution in [2.75, 3.05) is 20.1 Å². The molecule has 0 fully saturated rings. The molecule has 4 heteroatoms. The summed E-state index contributed by atoms with van der Waals surface area (Å²) in [5, 5.41) is 2.95. The molecular formula is C14H21IN2O. The number of halogens is 1. The summed E-state index contributed by atoms with van der Waals surface area (Å²) in [4.78, 5) is 11.9. The van der Waals surface area contributed by atoms with E-state index in [2.05, 4.69) is 45.1 Å². The lowest BCUT2D eigenvalue weighted by molar-refractivity contribution is 0.0953. The number of carbonyl (C=O) groups is 1. The van der Waals surface area contributed by atoms with Crippen LogP contribution in [-0.2, 0) is 6.42 Å². The average molecular weight is 360 g/mol. The van der Waals surface area contributed by atoms with Crippen LogP contribution in [0.4, 0.5) is 0 Å². The van der Waals surface area contributed by atoms with Crippen LogP contribution >= 0.6 is 22.9 Å². The van der Waals surface area contributed by atoms with Crippen molar-refractivity contribution in [2.24, 2.45) is 0 Å². The summed E-state index contributed by atoms with van der Waals surface area (Å²) in [7, 11) is 2.02. The predicted molar refractivity (Wildman–Crippen MR) is 84.2 cm³/mol. The third-order valence-corrected chi connectivity index (χ3v) is 3.40. The second kappa shape index (κ2) is 7.74. The molecule has 0 radical (unpaired) electrons. The fraction of sp³-hybridized carbons (Fsp3) is 0.500. The largest absolute Gasteiger partial charge is 0.352 e. The van der Waals surface area contributed by atoms with Crippen molar-refractivity contribution in [1.82, 2.24) is 8.43 Å². The summed E-state index contributed by atoms with van der Waals surface area (Å²) in [5.74, 6) is 0.0249. The molecule has 18 heavy (non-hydrogen) atoms. The summed E-state index contributed by atoms with van der Waals surface area (Å²) >= 11 is 2.24. The van der Waals surface area contributed by atoms with Crippen molar-refractivity contribution in [2.45, 2.75) is 26.7 Å². The van der Waals surface area contributed by atoms with E-state index in [0.717, 1.165) is 31.5 Å². The number of amides is 1. The first-order valence-electron chi connectivity index (χ1n) is 6.29. The predicted octanol–water partition coefficient (Wildman–Crippen LogP) is 2.96. The number of rotatable bonds is 6. The van der Waals surface area contributed by atoms with E-state index in [1.165, 1.54) is 11.1 Å². The Hall–Kier alpha value is -0.620. The van der Waals surface area contributed by atoms with Gasteiger partial charge < -0.3 is 5.32 Å². The van der Waals surface area contributed by atoms with Crippen LogP contribution < -0.4 is 5.32 Å². The highest BCUT2D eigenvalue weighted by molar-refractivity contribution is 14.1. The van der Waals surface area contributed by atoms with Crippen LogP contribution in [0.3, 0.4) is 0 Å². The molecule has 1 rings (SSSR count). The second-order valence-electron chi connectivity index (χ2n) is 4.43. The van der Waals surface area contributed by atoms with Crippen molar-refractivity contribution in [1.29, 1.82) is 0 Å². The van der Waals surface area contributed by atoms with Gasteiger partial charge >= 0.3 is 0 Å². The Labute approximate surface area is 123 Å². The smallest absolute Gasteiger partial charge is 0.251 e. The van der Waals surface area contributed by atoms with Gasteiger partial charge in [-0.25, -0.2) is 0 Å². The van der Waals surface area contributed by atoms with Gasteiger partial charge in [-0.1, -0.05) is 13.0 Å². The van der Waals surface area contributed by atoms with Gasteiger partial charge in [-0.2, -0.15) is 0 Å². The SMILES string of the molecule is CCc1ccc(C(=O)NCCCN(C)I)cc1C. The summed E-state index contributed by atoms with van der Waals surface area (Å²) in [5.41, 5.74) is 3.25. The Morgan fingerprint density at radius 3 is 2.72 bits per heavy atom. The number of nitrogens with zero attached hydrogens (tertiary/aromatic N) is 1. The van der Waals surface area contributed by atoms with Gasteiger partial charge in [0.05, 0.1) is 0 Å². The topological polar surface area (TPSA) is 32.3 Å². The fourth-order valence-corrected chi connectivity index (χ4v) is 2.18. The average Bonchev–Trinajstić information content (AvgIpc) is 2.34. The molecule has 1 aromatic carbocycles. The maximum atomic E-state index is 11.9. The van der Waals surface area contributed by atoms with Crippen molar-refractivity contribution >= 4 is 28.8 Å². The highest BCUT2D eigenvalue weighted by Gasteiger charge is 2.06. The van der Waals surface area contributed by atoms with Gasteiger partial charge in [0.25, 0.3) is 5.91 Å². The minimum absolute atomic E-state index is 0.0249. The van der Waals surface area contributed by atoms with Crippen molar-refractivity contribution < 1.29 is 4.79 Å². The van der Waals surface area contributed by atoms with Crippen molar-refractivity contribution in [3.63, 3.8) is 0 Å². The molecule has 0 aromatic heterocycles. The molecule has 1 N–H and O–H groups in total. The van der Waals surface area contributed by atoms with Crippen molar-refractivity contribution in [3.05, 3.63) is 34.9 Å². The fourth-order valence-electron chi connectivity index (χ4n) is 1.83. The molecule has 0 aliphatic rings. The van der Waals surface area contributed by atoms with Crippen LogP contribution in [0.2, 0.25) is 0 Å². The van der Waals surface area contributed by atoms with Crippen LogP contribution in [0.25, 0.3) is 0 Å². The number of hydrogen-bond donors (Lipinski definition) is 1. The monoisotopic (exact) mass is 360 g/mol. The van der Waals surface area contributed by atoms with Crippen LogP contribution in [0, 0.1) is 6.92 Å². The molecular weight excluding hydrogens is 339 g/mol. The molecule has 0 saturated carbocycles. The summed E-state index contributed by atoms with van der Waals surface area (Å²) in [6.45, 7) is 5.89. The van der Waals surface area contributed by atoms with E-state index in [1.54, 1.807) is 0 Å². The Morgan fingerprint density at radius 2 is 2.17 bits per heavy atom. The third-order valence-electron chi connectivity index (χ3n) is 2.91. The molecule has 0 unspecified atom stereocenters. The molecule has 100 valence electrons. The van der Waals surface area contributed by atoms with Gasteiger partial charge in [0, 0.05) is 41.5 Å². The molecule has 0 saturated heterocycles. The maximum Gasteiger partial charge on any atom is 0.251 e. The number of nitrogens with one attached hydrogen (secondary N) is 1. The first-order chi connectivity index (χ1) is 8.54. The van der Waals surface area contributed by atoms with Gasteiger partial charge in [0.1, 0.15) is 0 Å². The zero-order chi connectivity index (χ0) is 13.5. The molecule has 0 aliphatic carbocycles. The normalized spacial score (nSPS) is 10.7. The van der Waals surface area contributed by atoms with E-state index in [4.69, 9.17) is 0 Å².